The first-order chi connectivity index (χ1) is 6.81. The maximum absolute atomic E-state index is 11.3. The molecule has 14 heavy (non-hydrogen) atoms. The van der Waals surface area contributed by atoms with E-state index in [0.717, 1.165) is 4.88 Å². The Balaban J connectivity index is 2.03. The molecule has 1 saturated heterocycles. The van der Waals surface area contributed by atoms with Gasteiger partial charge in [0.15, 0.2) is 6.10 Å². The van der Waals surface area contributed by atoms with E-state index in [1.807, 2.05) is 17.5 Å². The van der Waals surface area contributed by atoms with Crippen molar-refractivity contribution in [1.29, 1.82) is 0 Å². The van der Waals surface area contributed by atoms with Gasteiger partial charge in [0, 0.05) is 17.3 Å². The Labute approximate surface area is 91.2 Å². The Morgan fingerprint density at radius 3 is 3.21 bits per heavy atom. The molecule has 0 aromatic carbocycles. The lowest BCUT2D eigenvalue weighted by atomic mass is 10.3. The molecular weight excluding hydrogens is 222 g/mol. The predicted molar refractivity (Wildman–Crippen MR) is 55.8 cm³/mol. The molecule has 2 rings (SSSR count). The van der Waals surface area contributed by atoms with Gasteiger partial charge in [0.2, 0.25) is 0 Å². The van der Waals surface area contributed by atoms with Gasteiger partial charge in [0.05, 0.1) is 6.54 Å². The molecule has 1 aliphatic rings. The first-order valence-corrected chi connectivity index (χ1v) is 5.77. The molecule has 0 bridgehead atoms. The van der Waals surface area contributed by atoms with Crippen LogP contribution in [0, 0.1) is 0 Å². The molecule has 5 heteroatoms. The monoisotopic (exact) mass is 231 g/mol. The second kappa shape index (κ2) is 4.19. The van der Waals surface area contributed by atoms with Crippen LogP contribution in [0.15, 0.2) is 17.5 Å². The number of carbonyl (C=O) groups excluding carboxylic acids is 1. The average molecular weight is 232 g/mol. The Morgan fingerprint density at radius 2 is 2.57 bits per heavy atom. The van der Waals surface area contributed by atoms with Crippen molar-refractivity contribution in [3.8, 4) is 0 Å². The topological polar surface area (TPSA) is 29.5 Å². The number of amides is 1. The zero-order valence-electron chi connectivity index (χ0n) is 7.48. The molecule has 2 heterocycles. The summed E-state index contributed by atoms with van der Waals surface area (Å²) in [5.74, 6) is 0.451. The van der Waals surface area contributed by atoms with Gasteiger partial charge in [-0.3, -0.25) is 0 Å². The second-order valence-electron chi connectivity index (χ2n) is 3.02. The Morgan fingerprint density at radius 1 is 1.71 bits per heavy atom. The third kappa shape index (κ3) is 1.86. The average Bonchev–Trinajstić information content (AvgIpc) is 2.76. The van der Waals surface area contributed by atoms with E-state index in [1.54, 1.807) is 16.2 Å². The Hall–Kier alpha value is -0.740. The summed E-state index contributed by atoms with van der Waals surface area (Å²) in [6, 6.07) is 3.94. The summed E-state index contributed by atoms with van der Waals surface area (Å²) in [7, 11) is 0. The SMILES string of the molecule is O=C1OC(c2cccs2)CN1CCCl. The first kappa shape index (κ1) is 9.80. The molecule has 0 aliphatic carbocycles. The zero-order chi connectivity index (χ0) is 9.97. The smallest absolute Gasteiger partial charge is 0.410 e. The summed E-state index contributed by atoms with van der Waals surface area (Å²) in [6.45, 7) is 1.17. The number of halogens is 1. The van der Waals surface area contributed by atoms with E-state index < -0.39 is 0 Å². The van der Waals surface area contributed by atoms with Crippen molar-refractivity contribution in [3.05, 3.63) is 22.4 Å². The number of ether oxygens (including phenoxy) is 1. The third-order valence-electron chi connectivity index (χ3n) is 2.10. The third-order valence-corrected chi connectivity index (χ3v) is 3.24. The van der Waals surface area contributed by atoms with Crippen LogP contribution in [0.2, 0.25) is 0 Å². The Kier molecular flexibility index (Phi) is 2.93. The van der Waals surface area contributed by atoms with Crippen molar-refractivity contribution in [1.82, 2.24) is 4.90 Å². The van der Waals surface area contributed by atoms with Gasteiger partial charge < -0.3 is 9.64 Å². The molecule has 1 aromatic heterocycles. The van der Waals surface area contributed by atoms with Crippen molar-refractivity contribution in [2.75, 3.05) is 19.0 Å². The van der Waals surface area contributed by atoms with E-state index >= 15 is 0 Å². The summed E-state index contributed by atoms with van der Waals surface area (Å²) < 4.78 is 5.21. The lowest BCUT2D eigenvalue weighted by Gasteiger charge is -2.09. The van der Waals surface area contributed by atoms with Crippen LogP contribution in [-0.2, 0) is 4.74 Å². The molecule has 0 saturated carbocycles. The van der Waals surface area contributed by atoms with Gasteiger partial charge in [-0.1, -0.05) is 6.07 Å². The van der Waals surface area contributed by atoms with Crippen LogP contribution in [-0.4, -0.2) is 30.0 Å². The maximum Gasteiger partial charge on any atom is 0.410 e. The van der Waals surface area contributed by atoms with Gasteiger partial charge >= 0.3 is 6.09 Å². The van der Waals surface area contributed by atoms with Crippen LogP contribution >= 0.6 is 22.9 Å². The molecule has 1 amide bonds. The molecular formula is C9H10ClNO2S. The summed E-state index contributed by atoms with van der Waals surface area (Å²) in [5, 5.41) is 1.98. The molecule has 3 nitrogen and oxygen atoms in total. The Bertz CT molecular complexity index is 315. The number of cyclic esters (lactones) is 1. The van der Waals surface area contributed by atoms with Crippen LogP contribution in [0.1, 0.15) is 11.0 Å². The first-order valence-electron chi connectivity index (χ1n) is 4.36. The lowest BCUT2D eigenvalue weighted by molar-refractivity contribution is 0.134. The standard InChI is InChI=1S/C9H10ClNO2S/c10-3-4-11-6-7(13-9(11)12)8-2-1-5-14-8/h1-2,5,7H,3-4,6H2. The highest BCUT2D eigenvalue weighted by Crippen LogP contribution is 2.28. The van der Waals surface area contributed by atoms with Gasteiger partial charge in [-0.05, 0) is 11.4 Å². The molecule has 1 aliphatic heterocycles. The molecule has 0 radical (unpaired) electrons. The summed E-state index contributed by atoms with van der Waals surface area (Å²) in [4.78, 5) is 14.0. The van der Waals surface area contributed by atoms with Crippen molar-refractivity contribution in [2.45, 2.75) is 6.10 Å². The van der Waals surface area contributed by atoms with Crippen molar-refractivity contribution < 1.29 is 9.53 Å². The second-order valence-corrected chi connectivity index (χ2v) is 4.38. The van der Waals surface area contributed by atoms with Gasteiger partial charge in [-0.25, -0.2) is 4.79 Å². The van der Waals surface area contributed by atoms with Crippen LogP contribution in [0.25, 0.3) is 0 Å². The molecule has 1 atom stereocenters. The minimum absolute atomic E-state index is 0.106. The van der Waals surface area contributed by atoms with Gasteiger partial charge in [0.1, 0.15) is 0 Å². The molecule has 76 valence electrons. The minimum atomic E-state index is -0.260. The number of hydrogen-bond acceptors (Lipinski definition) is 3. The van der Waals surface area contributed by atoms with Crippen LogP contribution in [0.5, 0.6) is 0 Å². The van der Waals surface area contributed by atoms with E-state index in [2.05, 4.69) is 0 Å². The van der Waals surface area contributed by atoms with Crippen molar-refractivity contribution in [3.63, 3.8) is 0 Å². The number of alkyl halides is 1. The normalized spacial score (nSPS) is 21.4. The fraction of sp³-hybridized carbons (Fsp3) is 0.444. The number of thiophene rings is 1. The van der Waals surface area contributed by atoms with E-state index in [1.165, 1.54) is 0 Å². The largest absolute Gasteiger partial charge is 0.438 e. The number of hydrogen-bond donors (Lipinski definition) is 0. The van der Waals surface area contributed by atoms with Crippen LogP contribution in [0.4, 0.5) is 4.79 Å². The summed E-state index contributed by atoms with van der Waals surface area (Å²) >= 11 is 7.18. The van der Waals surface area contributed by atoms with Crippen LogP contribution < -0.4 is 0 Å². The highest BCUT2D eigenvalue weighted by Gasteiger charge is 2.32. The maximum atomic E-state index is 11.3. The summed E-state index contributed by atoms with van der Waals surface area (Å²) in [6.07, 6.45) is -0.366. The van der Waals surface area contributed by atoms with E-state index in [9.17, 15) is 4.79 Å². The molecule has 0 spiro atoms. The van der Waals surface area contributed by atoms with Crippen LogP contribution in [0.3, 0.4) is 0 Å². The molecule has 1 aromatic rings. The van der Waals surface area contributed by atoms with Crippen molar-refractivity contribution in [2.24, 2.45) is 0 Å². The van der Waals surface area contributed by atoms with E-state index in [0.29, 0.717) is 19.0 Å². The van der Waals surface area contributed by atoms with Crippen molar-refractivity contribution >= 4 is 29.0 Å². The van der Waals surface area contributed by atoms with Gasteiger partial charge in [-0.2, -0.15) is 0 Å². The van der Waals surface area contributed by atoms with Gasteiger partial charge in [0.25, 0.3) is 0 Å². The fourth-order valence-corrected chi connectivity index (χ4v) is 2.37. The molecule has 0 N–H and O–H groups in total. The number of nitrogens with zero attached hydrogens (tertiary/aromatic N) is 1. The van der Waals surface area contributed by atoms with E-state index in [4.69, 9.17) is 16.3 Å². The summed E-state index contributed by atoms with van der Waals surface area (Å²) in [5.41, 5.74) is 0. The highest BCUT2D eigenvalue weighted by molar-refractivity contribution is 7.10. The molecule has 1 fully saturated rings. The number of rotatable bonds is 3. The van der Waals surface area contributed by atoms with Gasteiger partial charge in [-0.15, -0.1) is 22.9 Å². The van der Waals surface area contributed by atoms with E-state index in [-0.39, 0.29) is 12.2 Å². The zero-order valence-corrected chi connectivity index (χ0v) is 9.05. The fourth-order valence-electron chi connectivity index (χ4n) is 1.42. The molecule has 1 unspecified atom stereocenters. The highest BCUT2D eigenvalue weighted by atomic mass is 35.5. The minimum Gasteiger partial charge on any atom is -0.438 e. The quantitative estimate of drug-likeness (QED) is 0.748. The number of carbonyl (C=O) groups is 1. The predicted octanol–water partition coefficient (Wildman–Crippen LogP) is 2.48. The lowest BCUT2D eigenvalue weighted by Crippen LogP contribution is -2.26.